The lowest BCUT2D eigenvalue weighted by molar-refractivity contribution is -0.384. The van der Waals surface area contributed by atoms with Gasteiger partial charge in [0, 0.05) is 24.7 Å². The molecule has 0 atom stereocenters. The van der Waals surface area contributed by atoms with Gasteiger partial charge in [-0.2, -0.15) is 5.10 Å². The van der Waals surface area contributed by atoms with Crippen LogP contribution in [0.4, 0.5) is 17.1 Å². The Balaban J connectivity index is 2.15. The van der Waals surface area contributed by atoms with E-state index in [4.69, 9.17) is 0 Å². The molecule has 7 nitrogen and oxygen atoms in total. The first kappa shape index (κ1) is 16.2. The number of non-ortho nitro benzene ring substituents is 1. The molecule has 0 unspecified atom stereocenters. The molecule has 0 heterocycles. The first-order valence-corrected chi connectivity index (χ1v) is 6.88. The van der Waals surface area contributed by atoms with E-state index in [2.05, 4.69) is 15.8 Å². The normalized spacial score (nSPS) is 11.0. The third-order valence-electron chi connectivity index (χ3n) is 3.01. The van der Waals surface area contributed by atoms with Crippen molar-refractivity contribution in [1.29, 1.82) is 0 Å². The molecule has 2 rings (SSSR count). The number of anilines is 2. The molecule has 0 aliphatic rings. The van der Waals surface area contributed by atoms with Crippen LogP contribution in [0.15, 0.2) is 53.6 Å². The number of carbonyl (C=O) groups is 1. The lowest BCUT2D eigenvalue weighted by atomic mass is 10.1. The maximum absolute atomic E-state index is 11.1. The summed E-state index contributed by atoms with van der Waals surface area (Å²) in [4.78, 5) is 21.4. The van der Waals surface area contributed by atoms with Gasteiger partial charge < -0.3 is 5.32 Å². The molecule has 0 bridgehead atoms. The number of nitro groups is 1. The second-order valence-corrected chi connectivity index (χ2v) is 4.88. The second kappa shape index (κ2) is 7.17. The molecule has 1 amide bonds. The fourth-order valence-electron chi connectivity index (χ4n) is 1.93. The quantitative estimate of drug-likeness (QED) is 0.502. The van der Waals surface area contributed by atoms with Gasteiger partial charge in [-0.05, 0) is 30.7 Å². The molecule has 0 aliphatic heterocycles. The summed E-state index contributed by atoms with van der Waals surface area (Å²) in [7, 11) is 0. The van der Waals surface area contributed by atoms with E-state index in [1.54, 1.807) is 31.2 Å². The molecule has 7 heteroatoms. The predicted molar refractivity (Wildman–Crippen MR) is 89.7 cm³/mol. The topological polar surface area (TPSA) is 96.6 Å². The summed E-state index contributed by atoms with van der Waals surface area (Å²) < 4.78 is 0. The monoisotopic (exact) mass is 312 g/mol. The van der Waals surface area contributed by atoms with Gasteiger partial charge in [0.1, 0.15) is 0 Å². The Morgan fingerprint density at radius 3 is 2.48 bits per heavy atom. The van der Waals surface area contributed by atoms with Crippen molar-refractivity contribution in [2.24, 2.45) is 5.10 Å². The van der Waals surface area contributed by atoms with Crippen molar-refractivity contribution in [2.45, 2.75) is 13.8 Å². The maximum atomic E-state index is 11.1. The summed E-state index contributed by atoms with van der Waals surface area (Å²) in [6.45, 7) is 3.24. The third kappa shape index (κ3) is 4.63. The van der Waals surface area contributed by atoms with Gasteiger partial charge in [-0.1, -0.05) is 18.2 Å². The van der Waals surface area contributed by atoms with E-state index in [9.17, 15) is 14.9 Å². The fourth-order valence-corrected chi connectivity index (χ4v) is 1.93. The highest BCUT2D eigenvalue weighted by molar-refractivity contribution is 6.00. The SMILES string of the molecule is CC(=O)Nc1cccc(C(C)=NNc2cccc([N+](=O)[O-])c2)c1. The summed E-state index contributed by atoms with van der Waals surface area (Å²) in [5, 5.41) is 17.7. The molecule has 0 saturated heterocycles. The summed E-state index contributed by atoms with van der Waals surface area (Å²) in [6.07, 6.45) is 0. The number of rotatable bonds is 5. The van der Waals surface area contributed by atoms with Gasteiger partial charge in [-0.25, -0.2) is 0 Å². The van der Waals surface area contributed by atoms with Crippen LogP contribution < -0.4 is 10.7 Å². The smallest absolute Gasteiger partial charge is 0.271 e. The molecular weight excluding hydrogens is 296 g/mol. The molecular formula is C16H16N4O3. The minimum Gasteiger partial charge on any atom is -0.326 e. The van der Waals surface area contributed by atoms with Crippen LogP contribution in [-0.4, -0.2) is 16.5 Å². The van der Waals surface area contributed by atoms with Crippen LogP contribution in [0.25, 0.3) is 0 Å². The van der Waals surface area contributed by atoms with Crippen molar-refractivity contribution >= 4 is 28.7 Å². The Morgan fingerprint density at radius 2 is 1.78 bits per heavy atom. The zero-order valence-electron chi connectivity index (χ0n) is 12.7. The minimum atomic E-state index is -0.460. The van der Waals surface area contributed by atoms with Crippen LogP contribution in [0, 0.1) is 10.1 Å². The van der Waals surface area contributed by atoms with Gasteiger partial charge in [-0.15, -0.1) is 0 Å². The van der Waals surface area contributed by atoms with Gasteiger partial charge in [0.25, 0.3) is 5.69 Å². The predicted octanol–water partition coefficient (Wildman–Crippen LogP) is 3.39. The summed E-state index contributed by atoms with van der Waals surface area (Å²) >= 11 is 0. The number of hydrazone groups is 1. The van der Waals surface area contributed by atoms with Gasteiger partial charge in [-0.3, -0.25) is 20.3 Å². The highest BCUT2D eigenvalue weighted by atomic mass is 16.6. The minimum absolute atomic E-state index is 0.00416. The fraction of sp³-hybridized carbons (Fsp3) is 0.125. The Hall–Kier alpha value is -3.22. The van der Waals surface area contributed by atoms with Gasteiger partial charge in [0.05, 0.1) is 16.3 Å². The number of carbonyl (C=O) groups excluding carboxylic acids is 1. The van der Waals surface area contributed by atoms with Gasteiger partial charge in [0.15, 0.2) is 0 Å². The third-order valence-corrected chi connectivity index (χ3v) is 3.01. The number of hydrogen-bond acceptors (Lipinski definition) is 5. The van der Waals surface area contributed by atoms with E-state index in [-0.39, 0.29) is 11.6 Å². The van der Waals surface area contributed by atoms with Crippen LogP contribution in [0.3, 0.4) is 0 Å². The first-order chi connectivity index (χ1) is 11.0. The molecule has 2 aromatic carbocycles. The number of benzene rings is 2. The average molecular weight is 312 g/mol. The Labute approximate surface area is 133 Å². The lowest BCUT2D eigenvalue weighted by Gasteiger charge is -2.06. The Kier molecular flexibility index (Phi) is 5.03. The highest BCUT2D eigenvalue weighted by Crippen LogP contribution is 2.17. The lowest BCUT2D eigenvalue weighted by Crippen LogP contribution is -2.07. The molecule has 2 aromatic rings. The van der Waals surface area contributed by atoms with Crippen LogP contribution in [-0.2, 0) is 4.79 Å². The zero-order valence-corrected chi connectivity index (χ0v) is 12.7. The summed E-state index contributed by atoms with van der Waals surface area (Å²) in [6, 6.07) is 13.4. The maximum Gasteiger partial charge on any atom is 0.271 e. The molecule has 118 valence electrons. The highest BCUT2D eigenvalue weighted by Gasteiger charge is 2.05. The van der Waals surface area contributed by atoms with E-state index in [0.29, 0.717) is 17.1 Å². The van der Waals surface area contributed by atoms with E-state index >= 15 is 0 Å². The van der Waals surface area contributed by atoms with Gasteiger partial charge in [0.2, 0.25) is 5.91 Å². The standard InChI is InChI=1S/C16H16N4O3/c1-11(13-5-3-6-14(9-13)17-12(2)21)18-19-15-7-4-8-16(10-15)20(22)23/h3-10,19H,1-2H3,(H,17,21). The Bertz CT molecular complexity index is 771. The molecule has 0 radical (unpaired) electrons. The number of nitrogens with zero attached hydrogens (tertiary/aromatic N) is 2. The largest absolute Gasteiger partial charge is 0.326 e. The second-order valence-electron chi connectivity index (χ2n) is 4.88. The molecule has 0 aromatic heterocycles. The van der Waals surface area contributed by atoms with Crippen LogP contribution >= 0.6 is 0 Å². The van der Waals surface area contributed by atoms with E-state index in [0.717, 1.165) is 5.56 Å². The van der Waals surface area contributed by atoms with Crippen molar-refractivity contribution in [3.8, 4) is 0 Å². The van der Waals surface area contributed by atoms with E-state index in [1.165, 1.54) is 19.1 Å². The van der Waals surface area contributed by atoms with Crippen molar-refractivity contribution in [3.05, 3.63) is 64.2 Å². The van der Waals surface area contributed by atoms with E-state index in [1.807, 2.05) is 12.1 Å². The van der Waals surface area contributed by atoms with Crippen LogP contribution in [0.5, 0.6) is 0 Å². The molecule has 0 aliphatic carbocycles. The number of nitro benzene ring substituents is 1. The number of nitrogens with one attached hydrogen (secondary N) is 2. The van der Waals surface area contributed by atoms with Crippen molar-refractivity contribution in [2.75, 3.05) is 10.7 Å². The van der Waals surface area contributed by atoms with Crippen molar-refractivity contribution in [1.82, 2.24) is 0 Å². The van der Waals surface area contributed by atoms with Gasteiger partial charge >= 0.3 is 0 Å². The van der Waals surface area contributed by atoms with Crippen LogP contribution in [0.1, 0.15) is 19.4 Å². The first-order valence-electron chi connectivity index (χ1n) is 6.88. The number of hydrogen-bond donors (Lipinski definition) is 2. The van der Waals surface area contributed by atoms with Crippen molar-refractivity contribution < 1.29 is 9.72 Å². The summed E-state index contributed by atoms with van der Waals surface area (Å²) in [5.41, 5.74) is 5.51. The molecule has 2 N–H and O–H groups in total. The Morgan fingerprint density at radius 1 is 1.09 bits per heavy atom. The molecule has 0 saturated carbocycles. The molecule has 0 fully saturated rings. The zero-order chi connectivity index (χ0) is 16.8. The summed E-state index contributed by atoms with van der Waals surface area (Å²) in [5.74, 6) is -0.147. The van der Waals surface area contributed by atoms with Crippen molar-refractivity contribution in [3.63, 3.8) is 0 Å². The molecule has 0 spiro atoms. The van der Waals surface area contributed by atoms with Crippen LogP contribution in [0.2, 0.25) is 0 Å². The number of amides is 1. The molecule has 23 heavy (non-hydrogen) atoms. The average Bonchev–Trinajstić information content (AvgIpc) is 2.52. The van der Waals surface area contributed by atoms with E-state index < -0.39 is 4.92 Å².